The number of methoxy groups -OCH3 is 1. The topological polar surface area (TPSA) is 27.7 Å². The van der Waals surface area contributed by atoms with Crippen LogP contribution in [0.15, 0.2) is 42.5 Å². The molecule has 0 amide bonds. The van der Waals surface area contributed by atoms with Crippen LogP contribution < -0.4 is 14.2 Å². The van der Waals surface area contributed by atoms with Gasteiger partial charge in [-0.1, -0.05) is 18.2 Å². The molecule has 2 heterocycles. The molecule has 20 heavy (non-hydrogen) atoms. The number of rotatable bonds is 1. The summed E-state index contributed by atoms with van der Waals surface area (Å²) in [7, 11) is 1.68. The van der Waals surface area contributed by atoms with Gasteiger partial charge in [0.15, 0.2) is 0 Å². The number of ether oxygens (including phenoxy) is 3. The summed E-state index contributed by atoms with van der Waals surface area (Å²) >= 11 is 0. The van der Waals surface area contributed by atoms with Crippen LogP contribution in [-0.2, 0) is 6.42 Å². The SMILES string of the molecule is COc1ccc2c(c1)C1Oc3ccccc3CC1CO2. The zero-order valence-electron chi connectivity index (χ0n) is 11.3. The Kier molecular flexibility index (Phi) is 2.59. The standard InChI is InChI=1S/C17H16O3/c1-18-13-6-7-16-14(9-13)17-12(10-19-16)8-11-4-2-3-5-15(11)20-17/h2-7,9,12,17H,8,10H2,1H3. The molecule has 0 radical (unpaired) electrons. The number of hydrogen-bond donors (Lipinski definition) is 0. The van der Waals surface area contributed by atoms with Gasteiger partial charge in [0, 0.05) is 11.5 Å². The van der Waals surface area contributed by atoms with Crippen LogP contribution in [0.25, 0.3) is 0 Å². The first-order valence-electron chi connectivity index (χ1n) is 6.90. The van der Waals surface area contributed by atoms with Crippen LogP contribution in [0.5, 0.6) is 17.2 Å². The number of para-hydroxylation sites is 1. The molecule has 4 rings (SSSR count). The van der Waals surface area contributed by atoms with Crippen molar-refractivity contribution in [1.82, 2.24) is 0 Å². The molecule has 0 aliphatic carbocycles. The van der Waals surface area contributed by atoms with Gasteiger partial charge in [-0.2, -0.15) is 0 Å². The van der Waals surface area contributed by atoms with Crippen LogP contribution >= 0.6 is 0 Å². The van der Waals surface area contributed by atoms with E-state index in [9.17, 15) is 0 Å². The Balaban J connectivity index is 1.77. The Bertz CT molecular complexity index is 650. The zero-order chi connectivity index (χ0) is 13.5. The number of hydrogen-bond acceptors (Lipinski definition) is 3. The predicted octanol–water partition coefficient (Wildman–Crippen LogP) is 3.38. The lowest BCUT2D eigenvalue weighted by molar-refractivity contribution is 0.0541. The second kappa shape index (κ2) is 4.44. The van der Waals surface area contributed by atoms with Gasteiger partial charge in [-0.05, 0) is 36.2 Å². The van der Waals surface area contributed by atoms with Crippen LogP contribution in [-0.4, -0.2) is 13.7 Å². The third-order valence-corrected chi connectivity index (χ3v) is 4.11. The Labute approximate surface area is 118 Å². The minimum Gasteiger partial charge on any atom is -0.497 e. The maximum atomic E-state index is 6.23. The van der Waals surface area contributed by atoms with Gasteiger partial charge in [0.1, 0.15) is 23.4 Å². The van der Waals surface area contributed by atoms with Crippen molar-refractivity contribution in [2.45, 2.75) is 12.5 Å². The van der Waals surface area contributed by atoms with Crippen LogP contribution in [0.1, 0.15) is 17.2 Å². The molecule has 0 N–H and O–H groups in total. The third kappa shape index (κ3) is 1.73. The minimum atomic E-state index is 0.0590. The summed E-state index contributed by atoms with van der Waals surface area (Å²) in [5.74, 6) is 3.11. The molecule has 2 aliphatic rings. The highest BCUT2D eigenvalue weighted by molar-refractivity contribution is 5.46. The fourth-order valence-electron chi connectivity index (χ4n) is 3.08. The van der Waals surface area contributed by atoms with Gasteiger partial charge < -0.3 is 14.2 Å². The van der Waals surface area contributed by atoms with E-state index in [0.717, 1.165) is 29.2 Å². The fraction of sp³-hybridized carbons (Fsp3) is 0.294. The quantitative estimate of drug-likeness (QED) is 0.793. The van der Waals surface area contributed by atoms with Crippen molar-refractivity contribution in [2.75, 3.05) is 13.7 Å². The molecule has 0 spiro atoms. The third-order valence-electron chi connectivity index (χ3n) is 4.11. The molecular formula is C17H16O3. The highest BCUT2D eigenvalue weighted by atomic mass is 16.5. The van der Waals surface area contributed by atoms with E-state index < -0.39 is 0 Å². The maximum Gasteiger partial charge on any atom is 0.134 e. The molecule has 102 valence electrons. The van der Waals surface area contributed by atoms with Gasteiger partial charge in [-0.3, -0.25) is 0 Å². The molecule has 2 aromatic carbocycles. The molecule has 2 atom stereocenters. The average molecular weight is 268 g/mol. The lowest BCUT2D eigenvalue weighted by Crippen LogP contribution is -2.34. The summed E-state index contributed by atoms with van der Waals surface area (Å²) in [5.41, 5.74) is 2.36. The second-order valence-electron chi connectivity index (χ2n) is 5.33. The Morgan fingerprint density at radius 3 is 2.90 bits per heavy atom. The Morgan fingerprint density at radius 2 is 2.00 bits per heavy atom. The van der Waals surface area contributed by atoms with Gasteiger partial charge in [-0.15, -0.1) is 0 Å². The number of fused-ring (bicyclic) bond motifs is 4. The normalized spacial score (nSPS) is 22.6. The van der Waals surface area contributed by atoms with Gasteiger partial charge in [0.05, 0.1) is 13.7 Å². The predicted molar refractivity (Wildman–Crippen MR) is 75.5 cm³/mol. The molecule has 0 bridgehead atoms. The van der Waals surface area contributed by atoms with E-state index in [1.54, 1.807) is 7.11 Å². The Hall–Kier alpha value is -2.16. The molecule has 3 nitrogen and oxygen atoms in total. The summed E-state index contributed by atoms with van der Waals surface area (Å²) in [6.07, 6.45) is 1.06. The lowest BCUT2D eigenvalue weighted by atomic mass is 9.85. The van der Waals surface area contributed by atoms with Crippen molar-refractivity contribution >= 4 is 0 Å². The van der Waals surface area contributed by atoms with Crippen molar-refractivity contribution in [3.63, 3.8) is 0 Å². The summed E-state index contributed by atoms with van der Waals surface area (Å²) < 4.78 is 17.4. The van der Waals surface area contributed by atoms with Gasteiger partial charge in [-0.25, -0.2) is 0 Å². The lowest BCUT2D eigenvalue weighted by Gasteiger charge is -2.38. The van der Waals surface area contributed by atoms with Gasteiger partial charge in [0.25, 0.3) is 0 Å². The van der Waals surface area contributed by atoms with Crippen LogP contribution in [0.3, 0.4) is 0 Å². The van der Waals surface area contributed by atoms with E-state index in [1.807, 2.05) is 30.3 Å². The molecule has 0 saturated carbocycles. The molecule has 3 heteroatoms. The number of benzene rings is 2. The maximum absolute atomic E-state index is 6.23. The molecule has 2 aliphatic heterocycles. The first-order chi connectivity index (χ1) is 9.85. The van der Waals surface area contributed by atoms with E-state index in [-0.39, 0.29) is 6.10 Å². The Morgan fingerprint density at radius 1 is 1.10 bits per heavy atom. The fourth-order valence-corrected chi connectivity index (χ4v) is 3.08. The van der Waals surface area contributed by atoms with Gasteiger partial charge >= 0.3 is 0 Å². The summed E-state index contributed by atoms with van der Waals surface area (Å²) in [5, 5.41) is 0. The van der Waals surface area contributed by atoms with E-state index in [1.165, 1.54) is 5.56 Å². The van der Waals surface area contributed by atoms with Crippen LogP contribution in [0, 0.1) is 5.92 Å². The van der Waals surface area contributed by atoms with E-state index >= 15 is 0 Å². The largest absolute Gasteiger partial charge is 0.497 e. The first-order valence-corrected chi connectivity index (χ1v) is 6.90. The van der Waals surface area contributed by atoms with Crippen molar-refractivity contribution in [2.24, 2.45) is 5.92 Å². The molecule has 2 aromatic rings. The van der Waals surface area contributed by atoms with Crippen molar-refractivity contribution in [1.29, 1.82) is 0 Å². The van der Waals surface area contributed by atoms with Crippen LogP contribution in [0.2, 0.25) is 0 Å². The van der Waals surface area contributed by atoms with Crippen molar-refractivity contribution in [3.8, 4) is 17.2 Å². The zero-order valence-corrected chi connectivity index (χ0v) is 11.3. The van der Waals surface area contributed by atoms with Gasteiger partial charge in [0.2, 0.25) is 0 Å². The summed E-state index contributed by atoms with van der Waals surface area (Å²) in [6, 6.07) is 14.2. The highest BCUT2D eigenvalue weighted by Gasteiger charge is 2.37. The minimum absolute atomic E-state index is 0.0590. The van der Waals surface area contributed by atoms with Crippen molar-refractivity contribution < 1.29 is 14.2 Å². The van der Waals surface area contributed by atoms with E-state index in [4.69, 9.17) is 14.2 Å². The smallest absolute Gasteiger partial charge is 0.134 e. The molecular weight excluding hydrogens is 252 g/mol. The highest BCUT2D eigenvalue weighted by Crippen LogP contribution is 2.45. The first kappa shape index (κ1) is 11.6. The molecule has 2 unspecified atom stereocenters. The average Bonchev–Trinajstić information content (AvgIpc) is 2.52. The molecule has 0 saturated heterocycles. The molecule has 0 aromatic heterocycles. The van der Waals surface area contributed by atoms with E-state index in [0.29, 0.717) is 12.5 Å². The van der Waals surface area contributed by atoms with E-state index in [2.05, 4.69) is 12.1 Å². The second-order valence-corrected chi connectivity index (χ2v) is 5.33. The summed E-state index contributed by atoms with van der Waals surface area (Å²) in [4.78, 5) is 0. The van der Waals surface area contributed by atoms with Crippen LogP contribution in [0.4, 0.5) is 0 Å². The molecule has 0 fully saturated rings. The monoisotopic (exact) mass is 268 g/mol. The van der Waals surface area contributed by atoms with Crippen molar-refractivity contribution in [3.05, 3.63) is 53.6 Å². The summed E-state index contributed by atoms with van der Waals surface area (Å²) in [6.45, 7) is 0.707.